The van der Waals surface area contributed by atoms with E-state index < -0.39 is 0 Å². The van der Waals surface area contributed by atoms with Gasteiger partial charge in [-0.2, -0.15) is 0 Å². The first kappa shape index (κ1) is 22.6. The summed E-state index contributed by atoms with van der Waals surface area (Å²) in [5, 5.41) is 3.10. The number of likely N-dealkylation sites (tertiary alicyclic amines) is 1. The van der Waals surface area contributed by atoms with Crippen LogP contribution in [0.1, 0.15) is 42.9 Å². The number of benzene rings is 2. The molecule has 8 heteroatoms. The zero-order chi connectivity index (χ0) is 23.4. The van der Waals surface area contributed by atoms with Gasteiger partial charge in [0, 0.05) is 30.4 Å². The Bertz CT molecular complexity index is 1130. The van der Waals surface area contributed by atoms with Gasteiger partial charge in [-0.05, 0) is 76.1 Å². The first-order chi connectivity index (χ1) is 16.0. The van der Waals surface area contributed by atoms with Gasteiger partial charge in [-0.15, -0.1) is 0 Å². The number of carbonyl (C=O) groups is 2. The van der Waals surface area contributed by atoms with Gasteiger partial charge in [0.25, 0.3) is 5.91 Å². The molecule has 0 spiro atoms. The number of rotatable bonds is 6. The standard InChI is InChI=1S/C25H30N4O4/c1-4-32-21-9-7-20(8-10-21)29-17(3)26-22-16-18(6-11-23(22)29)24(30)27-19-12-14-28(15-13-19)25(31)33-5-2/h6-11,16,19H,4-5,12-15H2,1-3H3,(H,27,30). The molecular weight excluding hydrogens is 420 g/mol. The summed E-state index contributed by atoms with van der Waals surface area (Å²) in [5.41, 5.74) is 3.28. The fraction of sp³-hybridized carbons (Fsp3) is 0.400. The number of piperidine rings is 1. The van der Waals surface area contributed by atoms with Gasteiger partial charge in [0.15, 0.2) is 0 Å². The Hall–Kier alpha value is -3.55. The number of fused-ring (bicyclic) bond motifs is 1. The summed E-state index contributed by atoms with van der Waals surface area (Å²) in [7, 11) is 0. The lowest BCUT2D eigenvalue weighted by Gasteiger charge is -2.31. The van der Waals surface area contributed by atoms with Crippen LogP contribution in [0.2, 0.25) is 0 Å². The van der Waals surface area contributed by atoms with Crippen molar-refractivity contribution in [2.45, 2.75) is 39.7 Å². The molecule has 3 aromatic rings. The van der Waals surface area contributed by atoms with Gasteiger partial charge >= 0.3 is 6.09 Å². The van der Waals surface area contributed by atoms with Gasteiger partial charge in [0.05, 0.1) is 24.2 Å². The number of hydrogen-bond donors (Lipinski definition) is 1. The predicted molar refractivity (Wildman–Crippen MR) is 126 cm³/mol. The number of ether oxygens (including phenoxy) is 2. The van der Waals surface area contributed by atoms with E-state index in [1.54, 1.807) is 11.8 Å². The number of carbonyl (C=O) groups excluding carboxylic acids is 2. The Labute approximate surface area is 193 Å². The van der Waals surface area contributed by atoms with Crippen molar-refractivity contribution in [2.75, 3.05) is 26.3 Å². The largest absolute Gasteiger partial charge is 0.494 e. The zero-order valence-corrected chi connectivity index (χ0v) is 19.3. The van der Waals surface area contributed by atoms with Crippen molar-refractivity contribution in [1.29, 1.82) is 0 Å². The number of imidazole rings is 1. The molecule has 4 rings (SSSR count). The lowest BCUT2D eigenvalue weighted by atomic mass is 10.0. The van der Waals surface area contributed by atoms with Gasteiger partial charge in [0.2, 0.25) is 0 Å². The lowest BCUT2D eigenvalue weighted by molar-refractivity contribution is 0.0860. The summed E-state index contributed by atoms with van der Waals surface area (Å²) >= 11 is 0. The number of nitrogens with zero attached hydrogens (tertiary/aromatic N) is 3. The van der Waals surface area contributed by atoms with Crippen LogP contribution in [0.3, 0.4) is 0 Å². The summed E-state index contributed by atoms with van der Waals surface area (Å²) in [5.74, 6) is 1.55. The van der Waals surface area contributed by atoms with E-state index in [2.05, 4.69) is 14.9 Å². The van der Waals surface area contributed by atoms with Gasteiger partial charge in [-0.3, -0.25) is 9.36 Å². The molecule has 2 amide bonds. The van der Waals surface area contributed by atoms with E-state index in [9.17, 15) is 9.59 Å². The molecule has 2 heterocycles. The van der Waals surface area contributed by atoms with Crippen molar-refractivity contribution in [3.63, 3.8) is 0 Å². The predicted octanol–water partition coefficient (Wildman–Crippen LogP) is 4.08. The average molecular weight is 451 g/mol. The van der Waals surface area contributed by atoms with E-state index >= 15 is 0 Å². The summed E-state index contributed by atoms with van der Waals surface area (Å²) in [4.78, 5) is 31.1. The van der Waals surface area contributed by atoms with Crippen molar-refractivity contribution in [2.24, 2.45) is 0 Å². The molecule has 1 aliphatic heterocycles. The van der Waals surface area contributed by atoms with Crippen molar-refractivity contribution >= 4 is 23.0 Å². The molecular formula is C25H30N4O4. The summed E-state index contributed by atoms with van der Waals surface area (Å²) in [6.07, 6.45) is 1.13. The SMILES string of the molecule is CCOC(=O)N1CCC(NC(=O)c2ccc3c(c2)nc(C)n3-c2ccc(OCC)cc2)CC1. The maximum absolute atomic E-state index is 12.9. The number of amides is 2. The van der Waals surface area contributed by atoms with Crippen LogP contribution in [0.4, 0.5) is 4.79 Å². The van der Waals surface area contributed by atoms with Crippen LogP contribution < -0.4 is 10.1 Å². The fourth-order valence-corrected chi connectivity index (χ4v) is 4.22. The molecule has 0 saturated carbocycles. The van der Waals surface area contributed by atoms with E-state index in [0.717, 1.165) is 28.3 Å². The molecule has 8 nitrogen and oxygen atoms in total. The van der Waals surface area contributed by atoms with Crippen LogP contribution in [-0.2, 0) is 4.74 Å². The molecule has 0 atom stereocenters. The number of hydrogen-bond acceptors (Lipinski definition) is 5. The molecule has 2 aromatic carbocycles. The second-order valence-electron chi connectivity index (χ2n) is 8.06. The molecule has 1 saturated heterocycles. The van der Waals surface area contributed by atoms with Crippen LogP contribution in [0.25, 0.3) is 16.7 Å². The van der Waals surface area contributed by atoms with Gasteiger partial charge in [-0.1, -0.05) is 0 Å². The van der Waals surface area contributed by atoms with Crippen LogP contribution in [0, 0.1) is 6.92 Å². The molecule has 0 unspecified atom stereocenters. The highest BCUT2D eigenvalue weighted by molar-refractivity contribution is 5.97. The van der Waals surface area contributed by atoms with Crippen LogP contribution in [-0.4, -0.2) is 58.8 Å². The average Bonchev–Trinajstić information content (AvgIpc) is 3.15. The van der Waals surface area contributed by atoms with Crippen LogP contribution in [0.5, 0.6) is 5.75 Å². The third-order valence-corrected chi connectivity index (χ3v) is 5.85. The van der Waals surface area contributed by atoms with Crippen molar-refractivity contribution in [3.8, 4) is 11.4 Å². The number of nitrogens with one attached hydrogen (secondary N) is 1. The van der Waals surface area contributed by atoms with E-state index in [-0.39, 0.29) is 18.0 Å². The monoisotopic (exact) mass is 450 g/mol. The molecule has 174 valence electrons. The molecule has 1 N–H and O–H groups in total. The molecule has 0 radical (unpaired) electrons. The van der Waals surface area contributed by atoms with Crippen LogP contribution in [0.15, 0.2) is 42.5 Å². The van der Waals surface area contributed by atoms with Crippen molar-refractivity contribution < 1.29 is 19.1 Å². The highest BCUT2D eigenvalue weighted by Gasteiger charge is 2.25. The van der Waals surface area contributed by atoms with Gasteiger partial charge in [0.1, 0.15) is 11.6 Å². The topological polar surface area (TPSA) is 85.7 Å². The second-order valence-corrected chi connectivity index (χ2v) is 8.06. The molecule has 0 bridgehead atoms. The summed E-state index contributed by atoms with van der Waals surface area (Å²) in [6.45, 7) is 7.86. The quantitative estimate of drug-likeness (QED) is 0.612. The van der Waals surface area contributed by atoms with Crippen molar-refractivity contribution in [1.82, 2.24) is 19.8 Å². The minimum Gasteiger partial charge on any atom is -0.494 e. The van der Waals surface area contributed by atoms with Crippen LogP contribution >= 0.6 is 0 Å². The van der Waals surface area contributed by atoms with Crippen molar-refractivity contribution in [3.05, 3.63) is 53.9 Å². The Morgan fingerprint density at radius 1 is 1.06 bits per heavy atom. The zero-order valence-electron chi connectivity index (χ0n) is 19.3. The summed E-state index contributed by atoms with van der Waals surface area (Å²) in [6, 6.07) is 13.5. The highest BCUT2D eigenvalue weighted by Crippen LogP contribution is 2.24. The highest BCUT2D eigenvalue weighted by atomic mass is 16.6. The van der Waals surface area contributed by atoms with Gasteiger partial charge in [-0.25, -0.2) is 9.78 Å². The van der Waals surface area contributed by atoms with E-state index in [0.29, 0.717) is 44.7 Å². The maximum atomic E-state index is 12.9. The minimum atomic E-state index is -0.286. The lowest BCUT2D eigenvalue weighted by Crippen LogP contribution is -2.46. The fourth-order valence-electron chi connectivity index (χ4n) is 4.22. The molecule has 0 aliphatic carbocycles. The molecule has 1 aliphatic rings. The number of aromatic nitrogens is 2. The first-order valence-corrected chi connectivity index (χ1v) is 11.4. The third-order valence-electron chi connectivity index (χ3n) is 5.85. The number of aryl methyl sites for hydroxylation is 1. The van der Waals surface area contributed by atoms with E-state index in [1.165, 1.54) is 0 Å². The maximum Gasteiger partial charge on any atom is 0.409 e. The summed E-state index contributed by atoms with van der Waals surface area (Å²) < 4.78 is 12.7. The Morgan fingerprint density at radius 2 is 1.79 bits per heavy atom. The minimum absolute atomic E-state index is 0.0296. The Balaban J connectivity index is 1.45. The smallest absolute Gasteiger partial charge is 0.409 e. The molecule has 1 aromatic heterocycles. The molecule has 33 heavy (non-hydrogen) atoms. The normalized spacial score (nSPS) is 14.3. The van der Waals surface area contributed by atoms with E-state index in [1.807, 2.05) is 56.3 Å². The second kappa shape index (κ2) is 9.94. The third kappa shape index (κ3) is 4.94. The van der Waals surface area contributed by atoms with E-state index in [4.69, 9.17) is 9.47 Å². The molecule has 1 fully saturated rings. The Kier molecular flexibility index (Phi) is 6.82. The Morgan fingerprint density at radius 3 is 2.45 bits per heavy atom. The van der Waals surface area contributed by atoms with Gasteiger partial charge < -0.3 is 19.7 Å². The first-order valence-electron chi connectivity index (χ1n) is 11.4.